The molecule has 2 aromatic heterocycles. The lowest BCUT2D eigenvalue weighted by Gasteiger charge is -2.32. The van der Waals surface area contributed by atoms with Crippen LogP contribution in [-0.2, 0) is 17.6 Å². The molecule has 1 N–H and O–H groups in total. The highest BCUT2D eigenvalue weighted by Crippen LogP contribution is 2.26. The minimum Gasteiger partial charge on any atom is -0.394 e. The first-order valence-electron chi connectivity index (χ1n) is 11.3. The first-order valence-corrected chi connectivity index (χ1v) is 13.4. The molecule has 1 saturated heterocycles. The number of hydrogen-bond donors (Lipinski definition) is 1. The van der Waals surface area contributed by atoms with Gasteiger partial charge in [-0.15, -0.1) is 23.1 Å². The second kappa shape index (κ2) is 11.4. The largest absolute Gasteiger partial charge is 0.394 e. The molecule has 7 nitrogen and oxygen atoms in total. The summed E-state index contributed by atoms with van der Waals surface area (Å²) < 4.78 is 6.49. The molecule has 0 saturated carbocycles. The number of nitrogens with zero attached hydrogens (tertiary/aromatic N) is 4. The Hall–Kier alpha value is -2.07. The molecule has 33 heavy (non-hydrogen) atoms. The molecule has 3 aromatic rings. The Balaban J connectivity index is 1.31. The van der Waals surface area contributed by atoms with Gasteiger partial charge in [-0.2, -0.15) is 0 Å². The van der Waals surface area contributed by atoms with Gasteiger partial charge in [0.1, 0.15) is 5.82 Å². The molecule has 176 valence electrons. The maximum Gasteiger partial charge on any atom is 0.254 e. The third-order valence-electron chi connectivity index (χ3n) is 5.94. The van der Waals surface area contributed by atoms with Crippen molar-refractivity contribution in [3.8, 4) is 0 Å². The van der Waals surface area contributed by atoms with Gasteiger partial charge in [-0.25, -0.2) is 15.0 Å². The van der Waals surface area contributed by atoms with Crippen LogP contribution >= 0.6 is 23.1 Å². The highest BCUT2D eigenvalue weighted by Gasteiger charge is 2.25. The van der Waals surface area contributed by atoms with Crippen LogP contribution in [0.1, 0.15) is 41.0 Å². The molecule has 0 spiro atoms. The summed E-state index contributed by atoms with van der Waals surface area (Å²) in [6.45, 7) is 3.62. The number of ether oxygens (including phenoxy) is 1. The summed E-state index contributed by atoms with van der Waals surface area (Å²) in [5.74, 6) is 1.44. The predicted molar refractivity (Wildman–Crippen MR) is 132 cm³/mol. The summed E-state index contributed by atoms with van der Waals surface area (Å²) in [5.41, 5.74) is 1.61. The molecule has 0 aliphatic carbocycles. The second-order valence-electron chi connectivity index (χ2n) is 8.44. The number of carbonyl (C=O) groups excluding carboxylic acids is 1. The molecule has 4 rings (SSSR count). The van der Waals surface area contributed by atoms with Crippen molar-refractivity contribution in [3.05, 3.63) is 47.0 Å². The first-order chi connectivity index (χ1) is 16.1. The number of rotatable bonds is 9. The van der Waals surface area contributed by atoms with Crippen LogP contribution in [-0.4, -0.2) is 69.5 Å². The van der Waals surface area contributed by atoms with E-state index in [1.54, 1.807) is 28.0 Å². The van der Waals surface area contributed by atoms with Crippen LogP contribution in [0.5, 0.6) is 0 Å². The van der Waals surface area contributed by atoms with Gasteiger partial charge in [0.25, 0.3) is 5.91 Å². The zero-order chi connectivity index (χ0) is 23.2. The first kappa shape index (κ1) is 24.1. The van der Waals surface area contributed by atoms with Crippen LogP contribution in [0, 0.1) is 5.92 Å². The van der Waals surface area contributed by atoms with Crippen molar-refractivity contribution in [3.63, 3.8) is 0 Å². The van der Waals surface area contributed by atoms with Gasteiger partial charge in [0.15, 0.2) is 0 Å². The lowest BCUT2D eigenvalue weighted by atomic mass is 10.00. The Kier molecular flexibility index (Phi) is 8.29. The molecular weight excluding hydrogens is 456 g/mol. The highest BCUT2D eigenvalue weighted by molar-refractivity contribution is 7.98. The topological polar surface area (TPSA) is 88.4 Å². The highest BCUT2D eigenvalue weighted by atomic mass is 32.2. The standard InChI is InChI=1S/C24H30N4O3S2/c1-16(3-7-22-25-12-19(32-2)13-26-22)4-8-23-27-20-6-5-17(11-21(20)33-23)24(30)28-9-10-31-18(14-28)15-29/h5-6,11-13,16,18,29H,3-4,7-10,14-15H2,1-2H3/t16-,18?/m0/s1. The van der Waals surface area contributed by atoms with E-state index in [1.807, 2.05) is 36.8 Å². The van der Waals surface area contributed by atoms with Crippen LogP contribution in [0.4, 0.5) is 0 Å². The summed E-state index contributed by atoms with van der Waals surface area (Å²) in [5, 5.41) is 10.4. The molecule has 1 aliphatic heterocycles. The Morgan fingerprint density at radius 3 is 2.85 bits per heavy atom. The minimum absolute atomic E-state index is 0.0185. The van der Waals surface area contributed by atoms with Gasteiger partial charge in [0, 0.05) is 42.4 Å². The fourth-order valence-corrected chi connectivity index (χ4v) is 5.21. The summed E-state index contributed by atoms with van der Waals surface area (Å²) >= 11 is 3.32. The number of carbonyl (C=O) groups is 1. The molecule has 9 heteroatoms. The van der Waals surface area contributed by atoms with E-state index in [2.05, 4.69) is 16.9 Å². The van der Waals surface area contributed by atoms with Gasteiger partial charge in [-0.1, -0.05) is 6.92 Å². The molecule has 1 aliphatic rings. The molecule has 1 fully saturated rings. The monoisotopic (exact) mass is 486 g/mol. The average molecular weight is 487 g/mol. The molecule has 0 radical (unpaired) electrons. The summed E-state index contributed by atoms with van der Waals surface area (Å²) in [6.07, 6.45) is 9.44. The van der Waals surface area contributed by atoms with E-state index in [0.717, 1.165) is 51.6 Å². The zero-order valence-corrected chi connectivity index (χ0v) is 20.7. The molecular formula is C24H30N4O3S2. The number of thioether (sulfide) groups is 1. The van der Waals surface area contributed by atoms with Crippen LogP contribution in [0.15, 0.2) is 35.5 Å². The third kappa shape index (κ3) is 6.29. The zero-order valence-electron chi connectivity index (χ0n) is 19.1. The van der Waals surface area contributed by atoms with Gasteiger partial charge >= 0.3 is 0 Å². The van der Waals surface area contributed by atoms with Crippen molar-refractivity contribution >= 4 is 39.2 Å². The molecule has 1 aromatic carbocycles. The van der Waals surface area contributed by atoms with Crippen LogP contribution < -0.4 is 0 Å². The third-order valence-corrected chi connectivity index (χ3v) is 7.70. The van der Waals surface area contributed by atoms with Crippen molar-refractivity contribution in [2.45, 2.75) is 43.6 Å². The molecule has 1 unspecified atom stereocenters. The summed E-state index contributed by atoms with van der Waals surface area (Å²) in [7, 11) is 0. The van der Waals surface area contributed by atoms with Gasteiger partial charge in [-0.3, -0.25) is 4.79 Å². The van der Waals surface area contributed by atoms with E-state index in [1.165, 1.54) is 0 Å². The van der Waals surface area contributed by atoms with Gasteiger partial charge in [-0.05, 0) is 49.6 Å². The van der Waals surface area contributed by atoms with E-state index < -0.39 is 0 Å². The Morgan fingerprint density at radius 2 is 2.09 bits per heavy atom. The van der Waals surface area contributed by atoms with Gasteiger partial charge in [0.2, 0.25) is 0 Å². The fraction of sp³-hybridized carbons (Fsp3) is 0.500. The maximum atomic E-state index is 12.9. The molecule has 0 bridgehead atoms. The number of thiazole rings is 1. The SMILES string of the molecule is CSc1cnc(CC[C@H](C)CCc2nc3ccc(C(=O)N4CCOC(CO)C4)cc3s2)nc1. The van der Waals surface area contributed by atoms with E-state index in [0.29, 0.717) is 31.2 Å². The number of amides is 1. The number of aliphatic hydroxyl groups excluding tert-OH is 1. The molecule has 2 atom stereocenters. The number of aliphatic hydroxyl groups is 1. The molecule has 1 amide bonds. The maximum absolute atomic E-state index is 12.9. The Labute approximate surface area is 202 Å². The van der Waals surface area contributed by atoms with E-state index in [-0.39, 0.29) is 18.6 Å². The van der Waals surface area contributed by atoms with Crippen molar-refractivity contribution in [2.75, 3.05) is 32.6 Å². The van der Waals surface area contributed by atoms with Crippen molar-refractivity contribution < 1.29 is 14.6 Å². The molecule has 3 heterocycles. The number of aromatic nitrogens is 3. The lowest BCUT2D eigenvalue weighted by Crippen LogP contribution is -2.46. The number of morpholine rings is 1. The predicted octanol–water partition coefficient (Wildman–Crippen LogP) is 3.84. The second-order valence-corrected chi connectivity index (χ2v) is 10.4. The van der Waals surface area contributed by atoms with Crippen LogP contribution in [0.25, 0.3) is 10.2 Å². The van der Waals surface area contributed by atoms with Crippen LogP contribution in [0.3, 0.4) is 0 Å². The number of benzene rings is 1. The quantitative estimate of drug-likeness (QED) is 0.460. The Bertz CT molecular complexity index is 1070. The van der Waals surface area contributed by atoms with Crippen LogP contribution in [0.2, 0.25) is 0 Å². The van der Waals surface area contributed by atoms with E-state index >= 15 is 0 Å². The smallest absolute Gasteiger partial charge is 0.254 e. The van der Waals surface area contributed by atoms with Gasteiger partial charge in [0.05, 0.1) is 34.5 Å². The van der Waals surface area contributed by atoms with Gasteiger partial charge < -0.3 is 14.7 Å². The average Bonchev–Trinajstić information content (AvgIpc) is 3.28. The number of hydrogen-bond acceptors (Lipinski definition) is 8. The number of fused-ring (bicyclic) bond motifs is 1. The number of aryl methyl sites for hydroxylation is 2. The minimum atomic E-state index is -0.301. The summed E-state index contributed by atoms with van der Waals surface area (Å²) in [4.78, 5) is 29.4. The van der Waals surface area contributed by atoms with Crippen molar-refractivity contribution in [2.24, 2.45) is 5.92 Å². The van der Waals surface area contributed by atoms with Crippen molar-refractivity contribution in [1.29, 1.82) is 0 Å². The summed E-state index contributed by atoms with van der Waals surface area (Å²) in [6, 6.07) is 5.73. The Morgan fingerprint density at radius 1 is 1.30 bits per heavy atom. The lowest BCUT2D eigenvalue weighted by molar-refractivity contribution is -0.0447. The fourth-order valence-electron chi connectivity index (χ4n) is 3.88. The normalized spacial score (nSPS) is 17.4. The van der Waals surface area contributed by atoms with Crippen molar-refractivity contribution in [1.82, 2.24) is 19.9 Å². The van der Waals surface area contributed by atoms with E-state index in [9.17, 15) is 9.90 Å². The van der Waals surface area contributed by atoms with E-state index in [4.69, 9.17) is 9.72 Å².